The molecule has 3 nitrogen and oxygen atoms in total. The van der Waals surface area contributed by atoms with E-state index in [1.807, 2.05) is 18.2 Å². The maximum atomic E-state index is 12.1. The van der Waals surface area contributed by atoms with E-state index in [2.05, 4.69) is 19.9 Å². The molecule has 0 saturated carbocycles. The van der Waals surface area contributed by atoms with Gasteiger partial charge in [-0.05, 0) is 48.3 Å². The van der Waals surface area contributed by atoms with Gasteiger partial charge in [-0.25, -0.2) is 8.42 Å². The van der Waals surface area contributed by atoms with Crippen molar-refractivity contribution >= 4 is 20.9 Å². The van der Waals surface area contributed by atoms with Crippen LogP contribution in [0.4, 0.5) is 0 Å². The Bertz CT molecular complexity index is 878. The summed E-state index contributed by atoms with van der Waals surface area (Å²) < 4.78 is 36.3. The first-order valence-electron chi connectivity index (χ1n) is 12.0. The van der Waals surface area contributed by atoms with Crippen molar-refractivity contribution < 1.29 is 64.4 Å². The summed E-state index contributed by atoms with van der Waals surface area (Å²) in [5, 5.41) is 1.53. The summed E-state index contributed by atoms with van der Waals surface area (Å²) >= 11 is 0. The van der Waals surface area contributed by atoms with E-state index in [0.29, 0.717) is 5.39 Å². The molecule has 0 atom stereocenters. The predicted molar refractivity (Wildman–Crippen MR) is 126 cm³/mol. The summed E-state index contributed by atoms with van der Waals surface area (Å²) in [7, 11) is -4.51. The minimum atomic E-state index is -4.51. The Balaban J connectivity index is 0.00000480. The molecule has 0 bridgehead atoms. The van der Waals surface area contributed by atoms with Gasteiger partial charge in [-0.15, -0.1) is 0 Å². The molecule has 2 aromatic rings. The maximum absolute atomic E-state index is 12.1. The van der Waals surface area contributed by atoms with Crippen molar-refractivity contribution in [2.75, 3.05) is 0 Å². The van der Waals surface area contributed by atoms with Crippen LogP contribution in [-0.2, 0) is 23.0 Å². The van der Waals surface area contributed by atoms with E-state index in [9.17, 15) is 13.0 Å². The summed E-state index contributed by atoms with van der Waals surface area (Å²) in [6, 6.07) is 9.64. The molecule has 2 aromatic carbocycles. The molecule has 0 aliphatic rings. The van der Waals surface area contributed by atoms with Crippen LogP contribution in [0.3, 0.4) is 0 Å². The van der Waals surface area contributed by atoms with Crippen LogP contribution in [0.2, 0.25) is 0 Å². The number of rotatable bonds is 15. The number of fused-ring (bicyclic) bond motifs is 1. The zero-order valence-electron chi connectivity index (χ0n) is 19.9. The minimum absolute atomic E-state index is 0. The van der Waals surface area contributed by atoms with Crippen LogP contribution in [0.1, 0.15) is 102 Å². The van der Waals surface area contributed by atoms with E-state index in [1.165, 1.54) is 51.4 Å². The molecule has 0 saturated heterocycles. The predicted octanol–water partition coefficient (Wildman–Crippen LogP) is 4.55. The molecular formula is C26H39KO3S. The molecule has 0 spiro atoms. The number of hydrogen-bond acceptors (Lipinski definition) is 3. The molecule has 0 aliphatic carbocycles. The van der Waals surface area contributed by atoms with Gasteiger partial charge in [0, 0.05) is 5.39 Å². The van der Waals surface area contributed by atoms with Gasteiger partial charge >= 0.3 is 51.4 Å². The van der Waals surface area contributed by atoms with Crippen molar-refractivity contribution in [3.8, 4) is 0 Å². The second kappa shape index (κ2) is 16.0. The third kappa shape index (κ3) is 10.4. The van der Waals surface area contributed by atoms with E-state index >= 15 is 0 Å². The van der Waals surface area contributed by atoms with Crippen LogP contribution in [0, 0.1) is 0 Å². The van der Waals surface area contributed by atoms with Crippen molar-refractivity contribution in [2.24, 2.45) is 0 Å². The fourth-order valence-corrected chi connectivity index (χ4v) is 5.07. The summed E-state index contributed by atoms with van der Waals surface area (Å²) in [5.74, 6) is 0. The Morgan fingerprint density at radius 2 is 1.29 bits per heavy atom. The third-order valence-electron chi connectivity index (χ3n) is 5.97. The van der Waals surface area contributed by atoms with E-state index in [4.69, 9.17) is 0 Å². The first-order valence-corrected chi connectivity index (χ1v) is 13.4. The van der Waals surface area contributed by atoms with Crippen molar-refractivity contribution in [1.29, 1.82) is 0 Å². The Morgan fingerprint density at radius 1 is 0.742 bits per heavy atom. The van der Waals surface area contributed by atoms with E-state index < -0.39 is 10.1 Å². The molecule has 0 amide bonds. The standard InChI is InChI=1S/C26H40O3S.K/c1-3-5-7-9-11-13-16-22-20-24-19-15-18-23(17-14-12-10-8-6-4-2)26(24)25(21-22)30(27,28)29;/h15,18-21H,3-14,16-17H2,1-2H3,(H,27,28,29);/q;+1/p-1. The van der Waals surface area contributed by atoms with Gasteiger partial charge in [0.2, 0.25) is 0 Å². The van der Waals surface area contributed by atoms with Gasteiger partial charge in [0.05, 0.1) is 4.90 Å². The van der Waals surface area contributed by atoms with E-state index in [1.54, 1.807) is 6.07 Å². The minimum Gasteiger partial charge on any atom is -0.744 e. The van der Waals surface area contributed by atoms with Crippen molar-refractivity contribution in [3.05, 3.63) is 41.5 Å². The first kappa shape index (κ1) is 29.3. The van der Waals surface area contributed by atoms with Gasteiger partial charge in [-0.2, -0.15) is 0 Å². The molecule has 0 fully saturated rings. The molecule has 0 aromatic heterocycles. The third-order valence-corrected chi connectivity index (χ3v) is 6.84. The monoisotopic (exact) mass is 470 g/mol. The normalized spacial score (nSPS) is 11.6. The molecule has 0 heterocycles. The number of benzene rings is 2. The summed E-state index contributed by atoms with van der Waals surface area (Å²) in [6.45, 7) is 4.42. The molecule has 0 aliphatic heterocycles. The molecular weight excluding hydrogens is 431 g/mol. The fraction of sp³-hybridized carbons (Fsp3) is 0.615. The van der Waals surface area contributed by atoms with Gasteiger partial charge in [0.15, 0.2) is 0 Å². The molecule has 5 heteroatoms. The second-order valence-electron chi connectivity index (χ2n) is 8.60. The van der Waals surface area contributed by atoms with Gasteiger partial charge < -0.3 is 4.55 Å². The summed E-state index contributed by atoms with van der Waals surface area (Å²) in [6.07, 6.45) is 16.0. The van der Waals surface area contributed by atoms with Crippen molar-refractivity contribution in [3.63, 3.8) is 0 Å². The van der Waals surface area contributed by atoms with Gasteiger partial charge in [-0.3, -0.25) is 0 Å². The largest absolute Gasteiger partial charge is 1.00 e. The zero-order chi connectivity index (χ0) is 21.8. The van der Waals surface area contributed by atoms with Crippen LogP contribution in [-0.4, -0.2) is 13.0 Å². The SMILES string of the molecule is CCCCCCCCc1cc(S(=O)(=O)[O-])c2c(CCCCCCCC)cccc2c1.[K+]. The fourth-order valence-electron chi connectivity index (χ4n) is 4.28. The Hall–Kier alpha value is 0.246. The zero-order valence-corrected chi connectivity index (χ0v) is 23.9. The summed E-state index contributed by atoms with van der Waals surface area (Å²) in [5.41, 5.74) is 1.95. The average Bonchev–Trinajstić information content (AvgIpc) is 2.72. The molecule has 0 N–H and O–H groups in total. The summed E-state index contributed by atoms with van der Waals surface area (Å²) in [4.78, 5) is -0.0254. The Labute approximate surface area is 233 Å². The second-order valence-corrected chi connectivity index (χ2v) is 9.95. The van der Waals surface area contributed by atoms with Crippen LogP contribution in [0.5, 0.6) is 0 Å². The number of hydrogen-bond donors (Lipinski definition) is 0. The van der Waals surface area contributed by atoms with Crippen LogP contribution >= 0.6 is 0 Å². The number of aryl methyl sites for hydroxylation is 2. The van der Waals surface area contributed by atoms with E-state index in [0.717, 1.165) is 55.0 Å². The average molecular weight is 471 g/mol. The quantitative estimate of drug-likeness (QED) is 0.218. The van der Waals surface area contributed by atoms with Gasteiger partial charge in [0.1, 0.15) is 10.1 Å². The van der Waals surface area contributed by atoms with Crippen molar-refractivity contribution in [2.45, 2.75) is 109 Å². The molecule has 168 valence electrons. The maximum Gasteiger partial charge on any atom is 1.00 e. The van der Waals surface area contributed by atoms with Gasteiger partial charge in [0.25, 0.3) is 0 Å². The Kier molecular flexibility index (Phi) is 15.1. The first-order chi connectivity index (χ1) is 14.5. The van der Waals surface area contributed by atoms with Crippen molar-refractivity contribution in [1.82, 2.24) is 0 Å². The van der Waals surface area contributed by atoms with E-state index in [-0.39, 0.29) is 56.3 Å². The Morgan fingerprint density at radius 3 is 1.87 bits per heavy atom. The molecule has 31 heavy (non-hydrogen) atoms. The molecule has 2 rings (SSSR count). The smallest absolute Gasteiger partial charge is 0.744 e. The van der Waals surface area contributed by atoms with Crippen LogP contribution < -0.4 is 51.4 Å². The number of unbranched alkanes of at least 4 members (excludes halogenated alkanes) is 10. The van der Waals surface area contributed by atoms with Crippen LogP contribution in [0.15, 0.2) is 35.2 Å². The van der Waals surface area contributed by atoms with Gasteiger partial charge in [-0.1, -0.05) is 102 Å². The topological polar surface area (TPSA) is 57.2 Å². The molecule has 0 unspecified atom stereocenters. The molecule has 0 radical (unpaired) electrons. The van der Waals surface area contributed by atoms with Crippen LogP contribution in [0.25, 0.3) is 10.8 Å².